The highest BCUT2D eigenvalue weighted by molar-refractivity contribution is 7.88. The van der Waals surface area contributed by atoms with Crippen LogP contribution in [0.3, 0.4) is 0 Å². The van der Waals surface area contributed by atoms with Gasteiger partial charge in [0, 0.05) is 16.1 Å². The van der Waals surface area contributed by atoms with Gasteiger partial charge in [0.05, 0.1) is 26.1 Å². The van der Waals surface area contributed by atoms with Crippen LogP contribution in [0.5, 0.6) is 0 Å². The molecular weight excluding hydrogens is 838 g/mol. The van der Waals surface area contributed by atoms with Gasteiger partial charge >= 0.3 is 10.1 Å². The molecule has 0 aliphatic rings. The van der Waals surface area contributed by atoms with E-state index >= 15 is 0 Å². The van der Waals surface area contributed by atoms with Crippen molar-refractivity contribution in [2.24, 2.45) is 0 Å². The van der Waals surface area contributed by atoms with Crippen LogP contribution in [0.15, 0.2) is 67.0 Å². The molecule has 0 amide bonds. The van der Waals surface area contributed by atoms with E-state index < -0.39 is 22.3 Å². The maximum atomic E-state index is 11.8. The highest BCUT2D eigenvalue weighted by Crippen LogP contribution is 2.43. The number of furan rings is 2. The lowest BCUT2D eigenvalue weighted by Crippen LogP contribution is -2.03. The molecule has 54 heavy (non-hydrogen) atoms. The number of thiophene rings is 2. The van der Waals surface area contributed by atoms with E-state index in [4.69, 9.17) is 60.3 Å². The predicted molar refractivity (Wildman–Crippen MR) is 214 cm³/mol. The Kier molecular flexibility index (Phi) is 10.5. The molecule has 0 fully saturated rings. The number of unbranched alkanes of at least 4 members (excludes halogenated alkanes) is 5. The van der Waals surface area contributed by atoms with Gasteiger partial charge in [0.1, 0.15) is 50.5 Å². The van der Waals surface area contributed by atoms with Crippen LogP contribution >= 0.6 is 69.1 Å². The molecule has 2 atom stereocenters. The monoisotopic (exact) mass is 866 g/mol. The van der Waals surface area contributed by atoms with Gasteiger partial charge in [0.15, 0.2) is 15.4 Å². The average molecular weight is 869 g/mol. The van der Waals surface area contributed by atoms with Crippen molar-refractivity contribution in [2.75, 3.05) is 0 Å². The topological polar surface area (TPSA) is 157 Å². The molecule has 2 unspecified atom stereocenters. The fourth-order valence-electron chi connectivity index (χ4n) is 6.68. The number of aromatic nitrogens is 4. The number of aliphatic hydroxyl groups is 2. The first kappa shape index (κ1) is 37.8. The summed E-state index contributed by atoms with van der Waals surface area (Å²) in [7, 11) is -4.46. The molecule has 282 valence electrons. The van der Waals surface area contributed by atoms with Crippen LogP contribution in [-0.2, 0) is 10.1 Å². The van der Waals surface area contributed by atoms with Crippen molar-refractivity contribution in [2.45, 2.75) is 67.8 Å². The van der Waals surface area contributed by atoms with Gasteiger partial charge in [-0.1, -0.05) is 84.9 Å². The molecule has 0 aliphatic carbocycles. The summed E-state index contributed by atoms with van der Waals surface area (Å²) < 4.78 is 49.8. The SMILES string of the molecule is O=S(=O)(O)c1cc2oc3c(C(O)CCCCCCCCC(O)c4nn(-c5ccc(Cl)cc5Cl)c5c4oc4ccsc45)nn(-c4ccc(Cl)cc4Cl)c3c2s1. The number of nitrogens with zero attached hydrogens (tertiary/aromatic N) is 4. The first-order chi connectivity index (χ1) is 25.9. The summed E-state index contributed by atoms with van der Waals surface area (Å²) in [6.45, 7) is 0. The summed E-state index contributed by atoms with van der Waals surface area (Å²) in [4.78, 5) is 0. The van der Waals surface area contributed by atoms with Crippen LogP contribution in [-0.4, -0.2) is 42.7 Å². The van der Waals surface area contributed by atoms with E-state index in [1.165, 1.54) is 22.1 Å². The van der Waals surface area contributed by atoms with Crippen LogP contribution in [0.25, 0.3) is 54.1 Å². The molecule has 0 bridgehead atoms. The van der Waals surface area contributed by atoms with Crippen LogP contribution in [0.1, 0.15) is 75.0 Å². The molecule has 0 radical (unpaired) electrons. The van der Waals surface area contributed by atoms with Crippen molar-refractivity contribution in [3.05, 3.63) is 85.4 Å². The van der Waals surface area contributed by atoms with Crippen molar-refractivity contribution in [3.63, 3.8) is 0 Å². The van der Waals surface area contributed by atoms with Crippen molar-refractivity contribution in [1.29, 1.82) is 0 Å². The summed E-state index contributed by atoms with van der Waals surface area (Å²) >= 11 is 27.7. The van der Waals surface area contributed by atoms with Gasteiger partial charge in [-0.05, 0) is 60.7 Å². The molecule has 3 N–H and O–H groups in total. The second-order valence-corrected chi connectivity index (χ2v) is 18.2. The Morgan fingerprint density at radius 1 is 0.685 bits per heavy atom. The largest absolute Gasteiger partial charge is 0.451 e. The third-order valence-electron chi connectivity index (χ3n) is 9.26. The Labute approximate surface area is 335 Å². The Bertz CT molecular complexity index is 2780. The third kappa shape index (κ3) is 7.06. The van der Waals surface area contributed by atoms with E-state index in [2.05, 4.69) is 5.10 Å². The molecule has 0 aliphatic heterocycles. The predicted octanol–water partition coefficient (Wildman–Crippen LogP) is 11.7. The first-order valence-electron chi connectivity index (χ1n) is 17.0. The molecule has 2 aromatic carbocycles. The average Bonchev–Trinajstić information content (AvgIpc) is 3.94. The van der Waals surface area contributed by atoms with E-state index in [9.17, 15) is 23.2 Å². The van der Waals surface area contributed by atoms with E-state index in [1.807, 2.05) is 11.4 Å². The lowest BCUT2D eigenvalue weighted by Gasteiger charge is -2.10. The van der Waals surface area contributed by atoms with Crippen molar-refractivity contribution < 1.29 is 32.0 Å². The Hall–Kier alpha value is -3.15. The smallest absolute Gasteiger partial charge is 0.304 e. The van der Waals surface area contributed by atoms with Crippen molar-refractivity contribution in [1.82, 2.24) is 19.6 Å². The Balaban J connectivity index is 0.889. The summed E-state index contributed by atoms with van der Waals surface area (Å²) in [5, 5.41) is 35.6. The Morgan fingerprint density at radius 2 is 1.19 bits per heavy atom. The number of aliphatic hydroxyl groups excluding tert-OH is 2. The van der Waals surface area contributed by atoms with Crippen molar-refractivity contribution in [3.8, 4) is 11.4 Å². The lowest BCUT2D eigenvalue weighted by molar-refractivity contribution is 0.156. The molecule has 8 rings (SSSR count). The van der Waals surface area contributed by atoms with Gasteiger partial charge in [-0.15, -0.1) is 22.7 Å². The summed E-state index contributed by atoms with van der Waals surface area (Å²) in [6, 6.07) is 13.2. The van der Waals surface area contributed by atoms with Gasteiger partial charge < -0.3 is 19.0 Å². The van der Waals surface area contributed by atoms with Gasteiger partial charge in [-0.25, -0.2) is 9.36 Å². The number of halogens is 4. The van der Waals surface area contributed by atoms with Gasteiger partial charge in [0.25, 0.3) is 0 Å². The van der Waals surface area contributed by atoms with E-state index in [0.29, 0.717) is 77.1 Å². The summed E-state index contributed by atoms with van der Waals surface area (Å²) in [5.74, 6) is 0. The van der Waals surface area contributed by atoms with Crippen LogP contribution < -0.4 is 0 Å². The second kappa shape index (κ2) is 15.1. The number of hydrogen-bond acceptors (Lipinski definition) is 10. The number of benzene rings is 2. The maximum absolute atomic E-state index is 11.8. The van der Waals surface area contributed by atoms with Crippen molar-refractivity contribution >= 4 is 122 Å². The van der Waals surface area contributed by atoms with E-state index in [0.717, 1.165) is 65.7 Å². The quantitative estimate of drug-likeness (QED) is 0.0715. The summed E-state index contributed by atoms with van der Waals surface area (Å²) in [5.41, 5.74) is 4.90. The van der Waals surface area contributed by atoms with Crippen LogP contribution in [0.4, 0.5) is 0 Å². The minimum atomic E-state index is -4.46. The normalized spacial score (nSPS) is 13.7. The highest BCUT2D eigenvalue weighted by atomic mass is 35.5. The van der Waals surface area contributed by atoms with Gasteiger partial charge in [-0.3, -0.25) is 4.55 Å². The molecule has 8 aromatic rings. The second-order valence-electron chi connectivity index (χ2n) is 12.9. The van der Waals surface area contributed by atoms with E-state index in [-0.39, 0.29) is 9.79 Å². The minimum Gasteiger partial charge on any atom is -0.451 e. The maximum Gasteiger partial charge on any atom is 0.304 e. The van der Waals surface area contributed by atoms with Crippen LogP contribution in [0.2, 0.25) is 20.1 Å². The van der Waals surface area contributed by atoms with E-state index in [1.54, 1.807) is 41.1 Å². The molecule has 18 heteroatoms. The number of rotatable bonds is 14. The number of hydrogen-bond donors (Lipinski definition) is 3. The fourth-order valence-corrected chi connectivity index (χ4v) is 10.3. The zero-order valence-electron chi connectivity index (χ0n) is 28.0. The molecule has 0 saturated carbocycles. The zero-order valence-corrected chi connectivity index (χ0v) is 33.5. The molecule has 11 nitrogen and oxygen atoms in total. The molecule has 0 spiro atoms. The minimum absolute atomic E-state index is 0.241. The number of fused-ring (bicyclic) bond motifs is 6. The molecule has 0 saturated heterocycles. The third-order valence-corrected chi connectivity index (χ3v) is 13.7. The standard InChI is InChI=1S/C36H30Cl4N4O7S3/c37-18-9-11-22(20(39)15-18)43-31-33(50-26-13-14-52-35(26)31)29(41-43)24(45)7-5-3-1-2-4-6-8-25(46)30-34-32(36-27(51-34)17-28(53-36)54(47,48)49)44(42-30)23-12-10-19(38)16-21(23)40/h9-17,24-25,45-46H,1-8H2,(H,47,48,49). The van der Waals surface area contributed by atoms with Gasteiger partial charge in [-0.2, -0.15) is 18.6 Å². The highest BCUT2D eigenvalue weighted by Gasteiger charge is 2.29. The molecular formula is C36H30Cl4N4O7S3. The molecule has 6 heterocycles. The van der Waals surface area contributed by atoms with Gasteiger partial charge in [0.2, 0.25) is 0 Å². The Morgan fingerprint density at radius 3 is 1.70 bits per heavy atom. The van der Waals surface area contributed by atoms with Crippen LogP contribution in [0, 0.1) is 0 Å². The fraction of sp³-hybridized carbons (Fsp3) is 0.278. The zero-order chi connectivity index (χ0) is 37.9. The first-order valence-corrected chi connectivity index (χ1v) is 21.6. The lowest BCUT2D eigenvalue weighted by atomic mass is 10.0. The molecule has 6 aromatic heterocycles. The summed E-state index contributed by atoms with van der Waals surface area (Å²) in [6.07, 6.45) is 4.29.